The first kappa shape index (κ1) is 13.8. The summed E-state index contributed by atoms with van der Waals surface area (Å²) in [4.78, 5) is 12.0. The van der Waals surface area contributed by atoms with E-state index in [-0.39, 0.29) is 0 Å². The zero-order valence-electron chi connectivity index (χ0n) is 13.0. The van der Waals surface area contributed by atoms with Crippen LogP contribution in [0.15, 0.2) is 37.2 Å². The van der Waals surface area contributed by atoms with Crippen LogP contribution in [0.4, 0.5) is 0 Å². The molecule has 8 nitrogen and oxygen atoms in total. The van der Waals surface area contributed by atoms with Crippen LogP contribution in [0.3, 0.4) is 0 Å². The van der Waals surface area contributed by atoms with Crippen LogP contribution in [0.2, 0.25) is 0 Å². The minimum Gasteiger partial charge on any atom is -0.328 e. The lowest BCUT2D eigenvalue weighted by molar-refractivity contribution is -0.668. The topological polar surface area (TPSA) is 25.5 Å². The molecule has 0 amide bonds. The molecular formula is C16H16N8+2. The summed E-state index contributed by atoms with van der Waals surface area (Å²) >= 11 is 0. The van der Waals surface area contributed by atoms with Gasteiger partial charge in [0.1, 0.15) is 0 Å². The summed E-state index contributed by atoms with van der Waals surface area (Å²) in [6.45, 7) is 15.9. The summed E-state index contributed by atoms with van der Waals surface area (Å²) in [6.07, 6.45) is 16.1. The van der Waals surface area contributed by atoms with Crippen LogP contribution in [-0.4, -0.2) is 77.7 Å². The fourth-order valence-corrected chi connectivity index (χ4v) is 2.86. The standard InChI is InChI=1S/C16H16N8/c1-2-18-9-17(1)13-19-3-4-21(10-19)15-23-7-8-24(12-23)16-22-6-5-20(11-22)14-18/h1-8H,13-16H2/q+2. The summed E-state index contributed by atoms with van der Waals surface area (Å²) in [7, 11) is 0. The fourth-order valence-electron chi connectivity index (χ4n) is 2.86. The number of fused-ring (bicyclic) bond motifs is 8. The first-order valence-corrected chi connectivity index (χ1v) is 7.72. The smallest absolute Gasteiger partial charge is 0.328 e. The van der Waals surface area contributed by atoms with Crippen molar-refractivity contribution in [3.05, 3.63) is 63.9 Å². The van der Waals surface area contributed by atoms with Gasteiger partial charge < -0.3 is 19.6 Å². The van der Waals surface area contributed by atoms with Crippen LogP contribution in [0.1, 0.15) is 0 Å². The van der Waals surface area contributed by atoms with Gasteiger partial charge in [0.15, 0.2) is 0 Å². The first-order chi connectivity index (χ1) is 11.8. The van der Waals surface area contributed by atoms with Gasteiger partial charge in [-0.1, -0.05) is 0 Å². The molecule has 8 radical (unpaired) electrons. The average molecular weight is 320 g/mol. The SMILES string of the molecule is [C]1N2C=CN1CN1[C]N(C=C1)C[N+]1=CC=[N+]([C]1)CN1[C]N(C=C1)C2. The third kappa shape index (κ3) is 2.68. The maximum absolute atomic E-state index is 3.31. The van der Waals surface area contributed by atoms with Crippen LogP contribution >= 0.6 is 0 Å². The minimum atomic E-state index is 0.671. The van der Waals surface area contributed by atoms with Crippen LogP contribution in [0.25, 0.3) is 0 Å². The third-order valence-electron chi connectivity index (χ3n) is 3.95. The Morgan fingerprint density at radius 1 is 0.542 bits per heavy atom. The van der Waals surface area contributed by atoms with Gasteiger partial charge in [-0.15, -0.1) is 9.15 Å². The molecule has 0 aliphatic carbocycles. The normalized spacial score (nSPS) is 25.3. The van der Waals surface area contributed by atoms with E-state index in [2.05, 4.69) is 26.7 Å². The second kappa shape index (κ2) is 5.47. The molecule has 24 heavy (non-hydrogen) atoms. The predicted octanol–water partition coefficient (Wildman–Crippen LogP) is -0.738. The van der Waals surface area contributed by atoms with Crippen molar-refractivity contribution in [1.82, 2.24) is 29.4 Å². The van der Waals surface area contributed by atoms with Crippen LogP contribution in [-0.2, 0) is 0 Å². The monoisotopic (exact) mass is 320 g/mol. The lowest BCUT2D eigenvalue weighted by Crippen LogP contribution is -2.35. The number of rotatable bonds is 0. The Kier molecular flexibility index (Phi) is 3.14. The highest BCUT2D eigenvalue weighted by molar-refractivity contribution is 6.11. The Morgan fingerprint density at radius 3 is 1.38 bits per heavy atom. The first-order valence-electron chi connectivity index (χ1n) is 7.72. The average Bonchev–Trinajstić information content (AvgIpc) is 3.32. The van der Waals surface area contributed by atoms with Gasteiger partial charge in [0.25, 0.3) is 0 Å². The van der Waals surface area contributed by atoms with E-state index in [1.807, 2.05) is 88.2 Å². The quantitative estimate of drug-likeness (QED) is 0.546. The number of hydrogen-bond acceptors (Lipinski definition) is 6. The van der Waals surface area contributed by atoms with Crippen molar-refractivity contribution in [2.24, 2.45) is 0 Å². The van der Waals surface area contributed by atoms with Crippen molar-refractivity contribution < 1.29 is 9.15 Å². The number of hydrogen-bond donors (Lipinski definition) is 0. The lowest BCUT2D eigenvalue weighted by atomic mass is 10.6. The fraction of sp³-hybridized carbons (Fsp3) is 0.250. The van der Waals surface area contributed by atoms with Gasteiger partial charge in [-0.3, -0.25) is 9.80 Å². The molecule has 0 N–H and O–H groups in total. The molecule has 0 atom stereocenters. The molecule has 0 aromatic heterocycles. The minimum absolute atomic E-state index is 0.671. The molecule has 0 saturated carbocycles. The van der Waals surface area contributed by atoms with Crippen molar-refractivity contribution in [2.45, 2.75) is 0 Å². The Balaban J connectivity index is 1.32. The highest BCUT2D eigenvalue weighted by Gasteiger charge is 2.34. The Labute approximate surface area is 142 Å². The highest BCUT2D eigenvalue weighted by atomic mass is 15.5. The van der Waals surface area contributed by atoms with E-state index in [1.165, 1.54) is 0 Å². The lowest BCUT2D eigenvalue weighted by Gasteiger charge is -2.26. The van der Waals surface area contributed by atoms with E-state index in [0.29, 0.717) is 26.7 Å². The van der Waals surface area contributed by atoms with Crippen molar-refractivity contribution in [3.63, 3.8) is 0 Å². The van der Waals surface area contributed by atoms with E-state index >= 15 is 0 Å². The molecule has 5 aliphatic heterocycles. The molecule has 5 heterocycles. The van der Waals surface area contributed by atoms with Crippen molar-refractivity contribution in [2.75, 3.05) is 26.7 Å². The molecule has 5 rings (SSSR count). The van der Waals surface area contributed by atoms with E-state index in [4.69, 9.17) is 0 Å². The van der Waals surface area contributed by atoms with Gasteiger partial charge in [-0.2, -0.15) is 0 Å². The summed E-state index contributed by atoms with van der Waals surface area (Å²) in [5.74, 6) is 0. The Bertz CT molecular complexity index is 609. The van der Waals surface area contributed by atoms with Crippen LogP contribution < -0.4 is 0 Å². The largest absolute Gasteiger partial charge is 0.647 e. The van der Waals surface area contributed by atoms with Gasteiger partial charge in [0, 0.05) is 37.2 Å². The van der Waals surface area contributed by atoms with Gasteiger partial charge >= 0.3 is 6.67 Å². The van der Waals surface area contributed by atoms with Gasteiger partial charge in [0.2, 0.25) is 45.8 Å². The van der Waals surface area contributed by atoms with Gasteiger partial charge in [-0.05, 0) is 0 Å². The molecule has 0 aromatic carbocycles. The summed E-state index contributed by atoms with van der Waals surface area (Å²) in [6, 6.07) is 0. The maximum Gasteiger partial charge on any atom is 0.647 e. The van der Waals surface area contributed by atoms with E-state index in [9.17, 15) is 0 Å². The Morgan fingerprint density at radius 2 is 0.917 bits per heavy atom. The zero-order valence-corrected chi connectivity index (χ0v) is 13.0. The van der Waals surface area contributed by atoms with E-state index < -0.39 is 0 Å². The van der Waals surface area contributed by atoms with Crippen LogP contribution in [0.5, 0.6) is 0 Å². The van der Waals surface area contributed by atoms with E-state index in [1.54, 1.807) is 0 Å². The second-order valence-corrected chi connectivity index (χ2v) is 5.92. The molecule has 8 bridgehead atoms. The number of nitrogens with zero attached hydrogens (tertiary/aromatic N) is 8. The van der Waals surface area contributed by atoms with Gasteiger partial charge in [0.05, 0.1) is 13.3 Å². The van der Waals surface area contributed by atoms with E-state index in [0.717, 1.165) is 0 Å². The summed E-state index contributed by atoms with van der Waals surface area (Å²) in [5, 5.41) is 0. The molecule has 118 valence electrons. The van der Waals surface area contributed by atoms with Crippen molar-refractivity contribution in [1.29, 1.82) is 0 Å². The molecule has 0 aromatic rings. The molecule has 8 heteroatoms. The molecule has 1 saturated heterocycles. The maximum atomic E-state index is 3.31. The summed E-state index contributed by atoms with van der Waals surface area (Å²) < 4.78 is 4.00. The highest BCUT2D eigenvalue weighted by Crippen LogP contribution is 2.20. The van der Waals surface area contributed by atoms with Crippen LogP contribution in [0, 0.1) is 26.7 Å². The molecule has 5 aliphatic rings. The zero-order chi connectivity index (χ0) is 15.9. The van der Waals surface area contributed by atoms with Crippen molar-refractivity contribution >= 4 is 12.4 Å². The second-order valence-electron chi connectivity index (χ2n) is 5.92. The molecule has 0 unspecified atom stereocenters. The van der Waals surface area contributed by atoms with Gasteiger partial charge in [-0.25, -0.2) is 0 Å². The summed E-state index contributed by atoms with van der Waals surface area (Å²) in [5.41, 5.74) is 0. The predicted molar refractivity (Wildman–Crippen MR) is 83.5 cm³/mol. The molecule has 0 spiro atoms. The van der Waals surface area contributed by atoms with Crippen molar-refractivity contribution in [3.8, 4) is 0 Å². The Hall–Kier alpha value is -2.64. The molecule has 1 fully saturated rings. The third-order valence-corrected chi connectivity index (χ3v) is 3.95. The molecular weight excluding hydrogens is 304 g/mol.